The summed E-state index contributed by atoms with van der Waals surface area (Å²) >= 11 is 5.80. The number of carbonyl (C=O) groups is 2. The fraction of sp³-hybridized carbons (Fsp3) is 0. The molecule has 4 rings (SSSR count). The van der Waals surface area contributed by atoms with E-state index in [1.165, 1.54) is 6.07 Å². The highest BCUT2D eigenvalue weighted by Crippen LogP contribution is 2.24. The van der Waals surface area contributed by atoms with Crippen LogP contribution in [0.4, 0.5) is 25.0 Å². The van der Waals surface area contributed by atoms with E-state index in [0.717, 1.165) is 12.1 Å². The van der Waals surface area contributed by atoms with Crippen LogP contribution in [-0.2, 0) is 0 Å². The maximum absolute atomic E-state index is 14.4. The molecule has 8 heteroatoms. The first-order valence-corrected chi connectivity index (χ1v) is 9.50. The van der Waals surface area contributed by atoms with E-state index in [1.54, 1.807) is 54.7 Å². The number of anilines is 2. The van der Waals surface area contributed by atoms with Crippen molar-refractivity contribution in [1.29, 1.82) is 0 Å². The molecule has 0 saturated carbocycles. The van der Waals surface area contributed by atoms with Gasteiger partial charge in [-0.2, -0.15) is 0 Å². The van der Waals surface area contributed by atoms with Gasteiger partial charge in [-0.05, 0) is 54.6 Å². The first-order valence-electron chi connectivity index (χ1n) is 9.13. The lowest BCUT2D eigenvalue weighted by molar-refractivity contribution is 0.103. The van der Waals surface area contributed by atoms with Crippen molar-refractivity contribution in [3.63, 3.8) is 0 Å². The number of aromatic nitrogens is 1. The standard InChI is InChI=1S/C23H14ClF2N3O2/c24-15-4-6-16(7-5-15)28-23(31)29-17-11-18(21(26)19(25)12-17)22(30)14-3-8-20-13(10-14)2-1-9-27-20/h1-12H,(H2,28,29,31). The molecule has 0 bridgehead atoms. The van der Waals surface area contributed by atoms with Gasteiger partial charge in [0.2, 0.25) is 0 Å². The highest BCUT2D eigenvalue weighted by Gasteiger charge is 2.20. The molecule has 0 saturated heterocycles. The van der Waals surface area contributed by atoms with Crippen molar-refractivity contribution in [1.82, 2.24) is 4.98 Å². The number of nitrogens with zero attached hydrogens (tertiary/aromatic N) is 1. The van der Waals surface area contributed by atoms with Crippen molar-refractivity contribution >= 4 is 45.7 Å². The molecule has 0 aliphatic carbocycles. The van der Waals surface area contributed by atoms with Crippen LogP contribution in [0.1, 0.15) is 15.9 Å². The van der Waals surface area contributed by atoms with Crippen molar-refractivity contribution in [3.05, 3.63) is 101 Å². The van der Waals surface area contributed by atoms with Crippen LogP contribution in [0.15, 0.2) is 72.9 Å². The molecular weight excluding hydrogens is 424 g/mol. The number of nitrogens with one attached hydrogen (secondary N) is 2. The average Bonchev–Trinajstić information content (AvgIpc) is 2.77. The normalized spacial score (nSPS) is 10.7. The van der Waals surface area contributed by atoms with E-state index in [4.69, 9.17) is 11.6 Å². The Kier molecular flexibility index (Phi) is 5.60. The lowest BCUT2D eigenvalue weighted by Crippen LogP contribution is -2.20. The molecule has 154 valence electrons. The number of amides is 2. The van der Waals surface area contributed by atoms with Crippen LogP contribution in [0.2, 0.25) is 5.02 Å². The van der Waals surface area contributed by atoms with Gasteiger partial charge in [0.25, 0.3) is 0 Å². The van der Waals surface area contributed by atoms with Gasteiger partial charge < -0.3 is 10.6 Å². The molecule has 2 N–H and O–H groups in total. The molecule has 0 aliphatic rings. The maximum atomic E-state index is 14.4. The molecule has 2 amide bonds. The van der Waals surface area contributed by atoms with E-state index in [9.17, 15) is 18.4 Å². The van der Waals surface area contributed by atoms with Gasteiger partial charge in [0, 0.05) is 39.6 Å². The van der Waals surface area contributed by atoms with Crippen molar-refractivity contribution in [2.75, 3.05) is 10.6 Å². The quantitative estimate of drug-likeness (QED) is 0.382. The molecule has 5 nitrogen and oxygen atoms in total. The minimum Gasteiger partial charge on any atom is -0.308 e. The van der Waals surface area contributed by atoms with Crippen LogP contribution in [0.5, 0.6) is 0 Å². The van der Waals surface area contributed by atoms with Gasteiger partial charge in [0.05, 0.1) is 11.1 Å². The number of halogens is 3. The highest BCUT2D eigenvalue weighted by atomic mass is 35.5. The minimum atomic E-state index is -1.29. The van der Waals surface area contributed by atoms with Crippen molar-refractivity contribution in [3.8, 4) is 0 Å². The van der Waals surface area contributed by atoms with Gasteiger partial charge >= 0.3 is 6.03 Å². The van der Waals surface area contributed by atoms with Crippen LogP contribution in [-0.4, -0.2) is 16.8 Å². The number of benzene rings is 3. The van der Waals surface area contributed by atoms with E-state index in [1.807, 2.05) is 0 Å². The number of hydrogen-bond donors (Lipinski definition) is 2. The Bertz CT molecular complexity index is 1310. The van der Waals surface area contributed by atoms with Crippen LogP contribution in [0, 0.1) is 11.6 Å². The Balaban J connectivity index is 1.60. The van der Waals surface area contributed by atoms with E-state index in [2.05, 4.69) is 15.6 Å². The van der Waals surface area contributed by atoms with Crippen LogP contribution in [0.25, 0.3) is 10.9 Å². The van der Waals surface area contributed by atoms with Crippen molar-refractivity contribution < 1.29 is 18.4 Å². The smallest absolute Gasteiger partial charge is 0.308 e. The lowest BCUT2D eigenvalue weighted by Gasteiger charge is -2.11. The number of ketones is 1. The monoisotopic (exact) mass is 437 g/mol. The third kappa shape index (κ3) is 4.51. The van der Waals surface area contributed by atoms with Gasteiger partial charge in [-0.1, -0.05) is 17.7 Å². The largest absolute Gasteiger partial charge is 0.323 e. The molecule has 0 radical (unpaired) electrons. The minimum absolute atomic E-state index is 0.0730. The van der Waals surface area contributed by atoms with Crippen LogP contribution < -0.4 is 10.6 Å². The second kappa shape index (κ2) is 8.49. The zero-order valence-corrected chi connectivity index (χ0v) is 16.6. The molecule has 0 unspecified atom stereocenters. The second-order valence-electron chi connectivity index (χ2n) is 6.65. The fourth-order valence-electron chi connectivity index (χ4n) is 3.03. The SMILES string of the molecule is O=C(Nc1ccc(Cl)cc1)Nc1cc(F)c(F)c(C(=O)c2ccc3ncccc3c2)c1. The summed E-state index contributed by atoms with van der Waals surface area (Å²) in [5, 5.41) is 6.12. The summed E-state index contributed by atoms with van der Waals surface area (Å²) in [6, 6.07) is 15.7. The summed E-state index contributed by atoms with van der Waals surface area (Å²) in [6.07, 6.45) is 1.61. The number of urea groups is 1. The molecule has 4 aromatic rings. The fourth-order valence-corrected chi connectivity index (χ4v) is 3.15. The average molecular weight is 438 g/mol. The Hall–Kier alpha value is -3.84. The first kappa shape index (κ1) is 20.4. The summed E-state index contributed by atoms with van der Waals surface area (Å²) < 4.78 is 28.6. The number of hydrogen-bond acceptors (Lipinski definition) is 3. The Morgan fingerprint density at radius 1 is 0.871 bits per heavy atom. The van der Waals surface area contributed by atoms with E-state index >= 15 is 0 Å². The van der Waals surface area contributed by atoms with Crippen LogP contribution >= 0.6 is 11.6 Å². The van der Waals surface area contributed by atoms with Crippen molar-refractivity contribution in [2.24, 2.45) is 0 Å². The molecule has 0 aliphatic heterocycles. The summed E-state index contributed by atoms with van der Waals surface area (Å²) in [4.78, 5) is 29.2. The molecule has 1 heterocycles. The van der Waals surface area contributed by atoms with Gasteiger partial charge in [-0.15, -0.1) is 0 Å². The number of carbonyl (C=O) groups excluding carboxylic acids is 2. The van der Waals surface area contributed by atoms with Crippen molar-refractivity contribution in [2.45, 2.75) is 0 Å². The molecule has 1 aromatic heterocycles. The second-order valence-corrected chi connectivity index (χ2v) is 7.08. The third-order valence-electron chi connectivity index (χ3n) is 4.50. The Morgan fingerprint density at radius 3 is 2.39 bits per heavy atom. The molecule has 0 atom stereocenters. The zero-order valence-electron chi connectivity index (χ0n) is 15.8. The topological polar surface area (TPSA) is 71.1 Å². The zero-order chi connectivity index (χ0) is 22.0. The van der Waals surface area contributed by atoms with E-state index in [0.29, 0.717) is 21.6 Å². The summed E-state index contributed by atoms with van der Waals surface area (Å²) in [6.45, 7) is 0. The molecule has 0 spiro atoms. The third-order valence-corrected chi connectivity index (χ3v) is 4.75. The number of rotatable bonds is 4. The predicted molar refractivity (Wildman–Crippen MR) is 116 cm³/mol. The molecular formula is C23H14ClF2N3O2. The lowest BCUT2D eigenvalue weighted by atomic mass is 10.0. The van der Waals surface area contributed by atoms with E-state index < -0.39 is 29.0 Å². The summed E-state index contributed by atoms with van der Waals surface area (Å²) in [5.41, 5.74) is 0.716. The van der Waals surface area contributed by atoms with Crippen LogP contribution in [0.3, 0.4) is 0 Å². The maximum Gasteiger partial charge on any atom is 0.323 e. The number of fused-ring (bicyclic) bond motifs is 1. The number of pyridine rings is 1. The molecule has 31 heavy (non-hydrogen) atoms. The highest BCUT2D eigenvalue weighted by molar-refractivity contribution is 6.30. The molecule has 3 aromatic carbocycles. The Morgan fingerprint density at radius 2 is 1.61 bits per heavy atom. The van der Waals surface area contributed by atoms with Gasteiger partial charge in [0.1, 0.15) is 0 Å². The first-order chi connectivity index (χ1) is 14.9. The van der Waals surface area contributed by atoms with Gasteiger partial charge in [0.15, 0.2) is 17.4 Å². The van der Waals surface area contributed by atoms with E-state index in [-0.39, 0.29) is 11.3 Å². The summed E-state index contributed by atoms with van der Waals surface area (Å²) in [5.74, 6) is -3.26. The Labute approximate surface area is 180 Å². The van der Waals surface area contributed by atoms with Gasteiger partial charge in [-0.25, -0.2) is 13.6 Å². The molecule has 0 fully saturated rings. The predicted octanol–water partition coefficient (Wildman–Crippen LogP) is 6.04. The van der Waals surface area contributed by atoms with Gasteiger partial charge in [-0.3, -0.25) is 9.78 Å². The summed E-state index contributed by atoms with van der Waals surface area (Å²) in [7, 11) is 0.